The molecule has 1 atom stereocenters. The number of non-ortho nitro benzene ring substituents is 1. The Balaban J connectivity index is 2.46. The molecule has 1 aliphatic rings. The van der Waals surface area contributed by atoms with Gasteiger partial charge in [-0.3, -0.25) is 10.1 Å². The summed E-state index contributed by atoms with van der Waals surface area (Å²) in [7, 11) is 0.443. The molecule has 124 valence electrons. The van der Waals surface area contributed by atoms with Gasteiger partial charge in [-0.1, -0.05) is 6.92 Å². The highest BCUT2D eigenvalue weighted by Crippen LogP contribution is 2.39. The lowest BCUT2D eigenvalue weighted by Crippen LogP contribution is -2.44. The second-order valence-corrected chi connectivity index (χ2v) is 6.22. The number of carbonyl (C=O) groups is 1. The summed E-state index contributed by atoms with van der Waals surface area (Å²) >= 11 is 0. The molecule has 1 fully saturated rings. The predicted octanol–water partition coefficient (Wildman–Crippen LogP) is 2.07. The van der Waals surface area contributed by atoms with Crippen LogP contribution in [0.15, 0.2) is 18.2 Å². The van der Waals surface area contributed by atoms with Crippen molar-refractivity contribution < 1.29 is 23.8 Å². The molecule has 0 saturated carbocycles. The summed E-state index contributed by atoms with van der Waals surface area (Å²) in [6.07, 6.45) is 0.718. The van der Waals surface area contributed by atoms with Crippen molar-refractivity contribution >= 4 is 24.2 Å². The van der Waals surface area contributed by atoms with Gasteiger partial charge in [-0.2, -0.15) is 0 Å². The van der Waals surface area contributed by atoms with Crippen molar-refractivity contribution in [3.8, 4) is 0 Å². The van der Waals surface area contributed by atoms with Gasteiger partial charge in [-0.25, -0.2) is 4.79 Å². The fraction of sp³-hybridized carbons (Fsp3) is 0.533. The zero-order valence-corrected chi connectivity index (χ0v) is 13.9. The number of rotatable bonds is 4. The van der Waals surface area contributed by atoms with Gasteiger partial charge in [0.25, 0.3) is 5.69 Å². The van der Waals surface area contributed by atoms with E-state index < -0.39 is 29.2 Å². The van der Waals surface area contributed by atoms with Crippen LogP contribution in [0.4, 0.5) is 5.69 Å². The Hall–Kier alpha value is -1.93. The number of benzene rings is 1. The van der Waals surface area contributed by atoms with Crippen molar-refractivity contribution in [1.82, 2.24) is 0 Å². The van der Waals surface area contributed by atoms with E-state index in [-0.39, 0.29) is 11.3 Å². The van der Waals surface area contributed by atoms with E-state index in [0.29, 0.717) is 5.46 Å². The maximum Gasteiger partial charge on any atom is 0.495 e. The van der Waals surface area contributed by atoms with Gasteiger partial charge in [0.05, 0.1) is 28.8 Å². The van der Waals surface area contributed by atoms with Gasteiger partial charge in [0, 0.05) is 12.1 Å². The smallest absolute Gasteiger partial charge is 0.465 e. The number of hydrogen-bond donors (Lipinski definition) is 0. The summed E-state index contributed by atoms with van der Waals surface area (Å²) in [5.74, 6) is -0.648. The van der Waals surface area contributed by atoms with E-state index in [1.54, 1.807) is 0 Å². The van der Waals surface area contributed by atoms with E-state index >= 15 is 0 Å². The van der Waals surface area contributed by atoms with Crippen LogP contribution < -0.4 is 5.46 Å². The number of methoxy groups -OCH3 is 1. The fourth-order valence-electron chi connectivity index (χ4n) is 2.55. The molecule has 23 heavy (non-hydrogen) atoms. The van der Waals surface area contributed by atoms with E-state index in [2.05, 4.69) is 4.74 Å². The Bertz CT molecular complexity index is 647. The number of carbonyl (C=O) groups excluding carboxylic acids is 1. The van der Waals surface area contributed by atoms with Gasteiger partial charge in [0.15, 0.2) is 0 Å². The lowest BCUT2D eigenvalue weighted by Gasteiger charge is -2.35. The van der Waals surface area contributed by atoms with Crippen molar-refractivity contribution in [2.45, 2.75) is 45.3 Å². The van der Waals surface area contributed by atoms with Crippen LogP contribution in [-0.4, -0.2) is 36.3 Å². The van der Waals surface area contributed by atoms with Gasteiger partial charge >= 0.3 is 13.1 Å². The molecule has 0 aromatic heterocycles. The normalized spacial score (nSPS) is 22.9. The van der Waals surface area contributed by atoms with Crippen LogP contribution in [0.3, 0.4) is 0 Å². The lowest BCUT2D eigenvalue weighted by atomic mass is 9.78. The van der Waals surface area contributed by atoms with Crippen molar-refractivity contribution in [3.63, 3.8) is 0 Å². The van der Waals surface area contributed by atoms with Crippen LogP contribution >= 0.6 is 0 Å². The largest absolute Gasteiger partial charge is 0.495 e. The molecule has 1 unspecified atom stereocenters. The van der Waals surface area contributed by atoms with Gasteiger partial charge in [0.2, 0.25) is 0 Å². The van der Waals surface area contributed by atoms with E-state index in [0.717, 1.165) is 6.42 Å². The second kappa shape index (κ2) is 5.94. The number of nitro groups is 1. The molecule has 1 saturated heterocycles. The zero-order valence-electron chi connectivity index (χ0n) is 13.9. The average molecular weight is 321 g/mol. The minimum absolute atomic E-state index is 0.0896. The predicted molar refractivity (Wildman–Crippen MR) is 84.8 cm³/mol. The molecule has 2 rings (SSSR count). The summed E-state index contributed by atoms with van der Waals surface area (Å²) in [6.45, 7) is 7.75. The molecule has 7 nitrogen and oxygen atoms in total. The number of hydrogen-bond acceptors (Lipinski definition) is 6. The molecule has 1 heterocycles. The molecule has 0 radical (unpaired) electrons. The molecular formula is C15H20BNO6. The maximum absolute atomic E-state index is 11.7. The Morgan fingerprint density at radius 2 is 1.96 bits per heavy atom. The number of esters is 1. The molecule has 0 amide bonds. The first-order valence-electron chi connectivity index (χ1n) is 7.37. The first-order valence-corrected chi connectivity index (χ1v) is 7.37. The zero-order chi connectivity index (χ0) is 17.4. The summed E-state index contributed by atoms with van der Waals surface area (Å²) in [4.78, 5) is 22.3. The number of nitrogens with zero attached hydrogens (tertiary/aromatic N) is 1. The standard InChI is InChI=1S/C15H20BNO6/c1-6-15(4)14(2,3)22-16(23-15)11-7-10(13(18)21-5)8-12(9-11)17(19)20/h7-9H,6H2,1-5H3. The molecule has 1 aromatic rings. The van der Waals surface area contributed by atoms with Crippen LogP contribution in [0.5, 0.6) is 0 Å². The molecule has 1 aromatic carbocycles. The highest BCUT2D eigenvalue weighted by Gasteiger charge is 2.53. The third-order valence-electron chi connectivity index (χ3n) is 4.56. The Kier molecular flexibility index (Phi) is 4.50. The van der Waals surface area contributed by atoms with Crippen molar-refractivity contribution in [1.29, 1.82) is 0 Å². The Morgan fingerprint density at radius 3 is 2.43 bits per heavy atom. The third kappa shape index (κ3) is 3.09. The maximum atomic E-state index is 11.7. The first kappa shape index (κ1) is 17.4. The van der Waals surface area contributed by atoms with Crippen LogP contribution in [0.2, 0.25) is 0 Å². The molecule has 0 bridgehead atoms. The monoisotopic (exact) mass is 321 g/mol. The summed E-state index contributed by atoms with van der Waals surface area (Å²) < 4.78 is 16.6. The molecule has 0 aliphatic carbocycles. The number of nitro benzene ring substituents is 1. The van der Waals surface area contributed by atoms with Gasteiger partial charge in [-0.15, -0.1) is 0 Å². The fourth-order valence-corrected chi connectivity index (χ4v) is 2.55. The molecule has 0 N–H and O–H groups in total. The molecule has 8 heteroatoms. The van der Waals surface area contributed by atoms with Gasteiger partial charge < -0.3 is 14.0 Å². The number of ether oxygens (including phenoxy) is 1. The van der Waals surface area contributed by atoms with E-state index in [1.165, 1.54) is 25.3 Å². The lowest BCUT2D eigenvalue weighted by molar-refractivity contribution is -0.384. The van der Waals surface area contributed by atoms with Crippen LogP contribution in [-0.2, 0) is 14.0 Å². The summed E-state index contributed by atoms with van der Waals surface area (Å²) in [6, 6.07) is 4.03. The quantitative estimate of drug-likeness (QED) is 0.365. The summed E-state index contributed by atoms with van der Waals surface area (Å²) in [5.41, 5.74) is -0.800. The highest BCUT2D eigenvalue weighted by atomic mass is 16.7. The Labute approximate surface area is 135 Å². The van der Waals surface area contributed by atoms with Crippen LogP contribution in [0, 0.1) is 10.1 Å². The van der Waals surface area contributed by atoms with Gasteiger partial charge in [0.1, 0.15) is 0 Å². The van der Waals surface area contributed by atoms with Crippen LogP contribution in [0.25, 0.3) is 0 Å². The van der Waals surface area contributed by atoms with Crippen molar-refractivity contribution in [2.75, 3.05) is 7.11 Å². The van der Waals surface area contributed by atoms with E-state index in [9.17, 15) is 14.9 Å². The van der Waals surface area contributed by atoms with E-state index in [1.807, 2.05) is 27.7 Å². The van der Waals surface area contributed by atoms with E-state index in [4.69, 9.17) is 9.31 Å². The topological polar surface area (TPSA) is 87.9 Å². The molecule has 1 aliphatic heterocycles. The minimum atomic E-state index is -0.779. The van der Waals surface area contributed by atoms with Crippen molar-refractivity contribution in [3.05, 3.63) is 33.9 Å². The van der Waals surface area contributed by atoms with Crippen LogP contribution in [0.1, 0.15) is 44.5 Å². The highest BCUT2D eigenvalue weighted by molar-refractivity contribution is 6.62. The van der Waals surface area contributed by atoms with Gasteiger partial charge in [-0.05, 0) is 38.7 Å². The minimum Gasteiger partial charge on any atom is -0.465 e. The molecule has 0 spiro atoms. The SMILES string of the molecule is CCC1(C)OB(c2cc(C(=O)OC)cc([N+](=O)[O-])c2)OC1(C)C. The first-order chi connectivity index (χ1) is 10.6. The molecular weight excluding hydrogens is 301 g/mol. The average Bonchev–Trinajstić information content (AvgIpc) is 2.76. The van der Waals surface area contributed by atoms with Crippen molar-refractivity contribution in [2.24, 2.45) is 0 Å². The Morgan fingerprint density at radius 1 is 1.30 bits per heavy atom. The third-order valence-corrected chi connectivity index (χ3v) is 4.56. The second-order valence-electron chi connectivity index (χ2n) is 6.22. The summed E-state index contributed by atoms with van der Waals surface area (Å²) in [5, 5.41) is 11.1.